The monoisotopic (exact) mass is 460 g/mol. The maximum Gasteiger partial charge on any atom is 0.271 e. The zero-order valence-corrected chi connectivity index (χ0v) is 18.7. The molecule has 0 fully saturated rings. The first-order valence-electron chi connectivity index (χ1n) is 9.35. The second-order valence-electron chi connectivity index (χ2n) is 6.82. The molecule has 0 aliphatic carbocycles. The number of aryl methyl sites for hydroxylation is 1. The van der Waals surface area contributed by atoms with Crippen LogP contribution in [-0.2, 0) is 18.4 Å². The van der Waals surface area contributed by atoms with Gasteiger partial charge < -0.3 is 15.2 Å². The SMILES string of the molecule is Cc1ccc([N+](=O)[O-])cc1NC(=O)[C@H](C)Sc1nnc(CNc2ccc(Cl)cc2)n1C. The molecule has 0 bridgehead atoms. The predicted molar refractivity (Wildman–Crippen MR) is 122 cm³/mol. The second-order valence-corrected chi connectivity index (χ2v) is 8.57. The number of carbonyl (C=O) groups is 1. The molecule has 2 N–H and O–H groups in total. The fourth-order valence-corrected chi connectivity index (χ4v) is 3.61. The van der Waals surface area contributed by atoms with E-state index in [2.05, 4.69) is 20.8 Å². The highest BCUT2D eigenvalue weighted by Crippen LogP contribution is 2.26. The molecule has 3 rings (SSSR count). The normalized spacial score (nSPS) is 11.7. The van der Waals surface area contributed by atoms with E-state index < -0.39 is 10.2 Å². The summed E-state index contributed by atoms with van der Waals surface area (Å²) >= 11 is 7.15. The Kier molecular flexibility index (Phi) is 7.13. The summed E-state index contributed by atoms with van der Waals surface area (Å²) in [4.78, 5) is 23.1. The summed E-state index contributed by atoms with van der Waals surface area (Å²) in [6, 6.07) is 11.7. The Balaban J connectivity index is 1.62. The third kappa shape index (κ3) is 5.74. The van der Waals surface area contributed by atoms with Crippen LogP contribution in [0.2, 0.25) is 5.02 Å². The molecule has 1 atom stereocenters. The average molecular weight is 461 g/mol. The molecule has 0 radical (unpaired) electrons. The van der Waals surface area contributed by atoms with E-state index in [0.717, 1.165) is 11.3 Å². The molecular weight excluding hydrogens is 440 g/mol. The number of nitro benzene ring substituents is 1. The highest BCUT2D eigenvalue weighted by molar-refractivity contribution is 8.00. The highest BCUT2D eigenvalue weighted by Gasteiger charge is 2.20. The van der Waals surface area contributed by atoms with Crippen LogP contribution in [0.15, 0.2) is 47.6 Å². The lowest BCUT2D eigenvalue weighted by atomic mass is 10.2. The summed E-state index contributed by atoms with van der Waals surface area (Å²) in [6.07, 6.45) is 0. The van der Waals surface area contributed by atoms with E-state index in [1.165, 1.54) is 23.9 Å². The van der Waals surface area contributed by atoms with E-state index in [1.54, 1.807) is 32.0 Å². The molecule has 31 heavy (non-hydrogen) atoms. The lowest BCUT2D eigenvalue weighted by Crippen LogP contribution is -2.23. The van der Waals surface area contributed by atoms with Gasteiger partial charge in [-0.05, 0) is 43.7 Å². The van der Waals surface area contributed by atoms with Crippen LogP contribution < -0.4 is 10.6 Å². The minimum Gasteiger partial charge on any atom is -0.378 e. The first kappa shape index (κ1) is 22.6. The largest absolute Gasteiger partial charge is 0.378 e. The summed E-state index contributed by atoms with van der Waals surface area (Å²) in [5, 5.41) is 26.1. The van der Waals surface area contributed by atoms with Gasteiger partial charge in [-0.25, -0.2) is 0 Å². The maximum absolute atomic E-state index is 12.6. The number of nitrogens with one attached hydrogen (secondary N) is 2. The molecule has 162 valence electrons. The van der Waals surface area contributed by atoms with E-state index in [4.69, 9.17) is 11.6 Å². The molecule has 1 aromatic heterocycles. The number of halogens is 1. The number of aromatic nitrogens is 3. The Labute approximate surface area is 188 Å². The number of nitro groups is 1. The van der Waals surface area contributed by atoms with Gasteiger partial charge in [0.2, 0.25) is 5.91 Å². The third-order valence-electron chi connectivity index (χ3n) is 4.56. The van der Waals surface area contributed by atoms with Crippen molar-refractivity contribution in [1.82, 2.24) is 14.8 Å². The molecule has 0 aliphatic rings. The van der Waals surface area contributed by atoms with Crippen LogP contribution in [0.1, 0.15) is 18.3 Å². The molecule has 2 aromatic carbocycles. The van der Waals surface area contributed by atoms with Gasteiger partial charge in [-0.3, -0.25) is 14.9 Å². The van der Waals surface area contributed by atoms with E-state index in [0.29, 0.717) is 28.2 Å². The zero-order valence-electron chi connectivity index (χ0n) is 17.1. The average Bonchev–Trinajstić information content (AvgIpc) is 3.08. The minimum absolute atomic E-state index is 0.0765. The van der Waals surface area contributed by atoms with Gasteiger partial charge in [0.05, 0.1) is 22.4 Å². The molecule has 0 spiro atoms. The summed E-state index contributed by atoms with van der Waals surface area (Å²) in [6.45, 7) is 3.98. The van der Waals surface area contributed by atoms with Gasteiger partial charge >= 0.3 is 0 Å². The minimum atomic E-state index is -0.494. The number of benzene rings is 2. The molecule has 0 saturated heterocycles. The van der Waals surface area contributed by atoms with E-state index in [-0.39, 0.29) is 11.6 Å². The Hall–Kier alpha value is -3.11. The van der Waals surface area contributed by atoms with Crippen LogP contribution in [0, 0.1) is 17.0 Å². The van der Waals surface area contributed by atoms with Crippen molar-refractivity contribution >= 4 is 46.3 Å². The van der Waals surface area contributed by atoms with E-state index >= 15 is 0 Å². The highest BCUT2D eigenvalue weighted by atomic mass is 35.5. The van der Waals surface area contributed by atoms with E-state index in [1.807, 2.05) is 23.7 Å². The van der Waals surface area contributed by atoms with Crippen molar-refractivity contribution < 1.29 is 9.72 Å². The number of thioether (sulfide) groups is 1. The number of hydrogen-bond donors (Lipinski definition) is 2. The van der Waals surface area contributed by atoms with Gasteiger partial charge in [0.1, 0.15) is 0 Å². The smallest absolute Gasteiger partial charge is 0.271 e. The number of hydrogen-bond acceptors (Lipinski definition) is 7. The van der Waals surface area contributed by atoms with Crippen LogP contribution in [0.5, 0.6) is 0 Å². The van der Waals surface area contributed by atoms with Crippen molar-refractivity contribution in [2.24, 2.45) is 7.05 Å². The van der Waals surface area contributed by atoms with Gasteiger partial charge in [0.25, 0.3) is 5.69 Å². The van der Waals surface area contributed by atoms with Crippen molar-refractivity contribution in [1.29, 1.82) is 0 Å². The topological polar surface area (TPSA) is 115 Å². The van der Waals surface area contributed by atoms with Crippen LogP contribution in [0.25, 0.3) is 0 Å². The number of anilines is 2. The van der Waals surface area contributed by atoms with Gasteiger partial charge in [-0.1, -0.05) is 29.4 Å². The Morgan fingerprint density at radius 2 is 1.97 bits per heavy atom. The predicted octanol–water partition coefficient (Wildman–Crippen LogP) is 4.42. The molecule has 0 unspecified atom stereocenters. The van der Waals surface area contributed by atoms with Gasteiger partial charge in [-0.2, -0.15) is 0 Å². The van der Waals surface area contributed by atoms with Crippen molar-refractivity contribution in [3.63, 3.8) is 0 Å². The van der Waals surface area contributed by atoms with Crippen LogP contribution in [0.4, 0.5) is 17.1 Å². The molecular formula is C20H21ClN6O3S. The summed E-state index contributed by atoms with van der Waals surface area (Å²) in [7, 11) is 1.83. The van der Waals surface area contributed by atoms with Crippen molar-refractivity contribution in [2.75, 3.05) is 10.6 Å². The van der Waals surface area contributed by atoms with Gasteiger partial charge in [0, 0.05) is 29.9 Å². The molecule has 0 aliphatic heterocycles. The number of nitrogens with zero attached hydrogens (tertiary/aromatic N) is 4. The molecule has 1 heterocycles. The lowest BCUT2D eigenvalue weighted by molar-refractivity contribution is -0.384. The van der Waals surface area contributed by atoms with Crippen molar-refractivity contribution in [2.45, 2.75) is 30.8 Å². The number of carbonyl (C=O) groups excluding carboxylic acids is 1. The quantitative estimate of drug-likeness (QED) is 0.290. The van der Waals surface area contributed by atoms with Gasteiger partial charge in [0.15, 0.2) is 11.0 Å². The lowest BCUT2D eigenvalue weighted by Gasteiger charge is -2.13. The number of amides is 1. The zero-order chi connectivity index (χ0) is 22.5. The summed E-state index contributed by atoms with van der Waals surface area (Å²) in [5.74, 6) is 0.428. The molecule has 9 nitrogen and oxygen atoms in total. The fraction of sp³-hybridized carbons (Fsp3) is 0.250. The fourth-order valence-electron chi connectivity index (χ4n) is 2.65. The molecule has 0 saturated carbocycles. The van der Waals surface area contributed by atoms with E-state index in [9.17, 15) is 14.9 Å². The number of rotatable bonds is 8. The van der Waals surface area contributed by atoms with Gasteiger partial charge in [-0.15, -0.1) is 10.2 Å². The summed E-state index contributed by atoms with van der Waals surface area (Å²) in [5.41, 5.74) is 1.98. The second kappa shape index (κ2) is 9.80. The first-order chi connectivity index (χ1) is 14.7. The Morgan fingerprint density at radius 1 is 1.26 bits per heavy atom. The van der Waals surface area contributed by atoms with Crippen LogP contribution in [0.3, 0.4) is 0 Å². The summed E-state index contributed by atoms with van der Waals surface area (Å²) < 4.78 is 1.82. The Morgan fingerprint density at radius 3 is 2.65 bits per heavy atom. The standard InChI is InChI=1S/C20H21ClN6O3S/c1-12-4-9-16(27(29)30)10-17(12)23-19(28)13(2)31-20-25-24-18(26(20)3)11-22-15-7-5-14(21)6-8-15/h4-10,13,22H,11H2,1-3H3,(H,23,28)/t13-/m0/s1. The number of non-ortho nitro benzene ring substituents is 1. The molecule has 3 aromatic rings. The third-order valence-corrected chi connectivity index (χ3v) is 5.95. The van der Waals surface area contributed by atoms with Crippen LogP contribution >= 0.6 is 23.4 Å². The Bertz CT molecular complexity index is 1100. The van der Waals surface area contributed by atoms with Crippen LogP contribution in [-0.4, -0.2) is 30.8 Å². The molecule has 11 heteroatoms. The van der Waals surface area contributed by atoms with Crippen molar-refractivity contribution in [3.05, 3.63) is 69.0 Å². The maximum atomic E-state index is 12.6. The molecule has 1 amide bonds. The van der Waals surface area contributed by atoms with Crippen molar-refractivity contribution in [3.8, 4) is 0 Å². The first-order valence-corrected chi connectivity index (χ1v) is 10.6.